The molecule has 25 heavy (non-hydrogen) atoms. The van der Waals surface area contributed by atoms with Gasteiger partial charge in [0.25, 0.3) is 0 Å². The number of aliphatic hydroxyl groups excluding tert-OH is 1. The van der Waals surface area contributed by atoms with E-state index in [0.717, 1.165) is 38.1 Å². The molecule has 2 aromatic rings. The maximum absolute atomic E-state index is 9.84. The van der Waals surface area contributed by atoms with Crippen LogP contribution in [-0.4, -0.2) is 39.3 Å². The first kappa shape index (κ1) is 16.7. The van der Waals surface area contributed by atoms with E-state index in [1.807, 2.05) is 0 Å². The van der Waals surface area contributed by atoms with Crippen LogP contribution < -0.4 is 0 Å². The Hall–Kier alpha value is -1.72. The van der Waals surface area contributed by atoms with Gasteiger partial charge < -0.3 is 9.63 Å². The number of aromatic nitrogens is 2. The van der Waals surface area contributed by atoms with Gasteiger partial charge in [0.05, 0.1) is 18.1 Å². The Bertz CT molecular complexity index is 704. The highest BCUT2D eigenvalue weighted by Crippen LogP contribution is 2.45. The van der Waals surface area contributed by atoms with Crippen LogP contribution in [0, 0.1) is 6.92 Å². The second kappa shape index (κ2) is 6.89. The molecule has 5 nitrogen and oxygen atoms in total. The van der Waals surface area contributed by atoms with Crippen LogP contribution in [0.15, 0.2) is 28.8 Å². The summed E-state index contributed by atoms with van der Waals surface area (Å²) >= 11 is 0. The average Bonchev–Trinajstić information content (AvgIpc) is 3.26. The normalized spacial score (nSPS) is 23.8. The van der Waals surface area contributed by atoms with Crippen molar-refractivity contribution in [2.24, 2.45) is 0 Å². The van der Waals surface area contributed by atoms with E-state index in [0.29, 0.717) is 19.0 Å². The molecular weight excluding hydrogens is 314 g/mol. The fraction of sp³-hybridized carbons (Fsp3) is 0.600. The van der Waals surface area contributed by atoms with E-state index < -0.39 is 0 Å². The zero-order valence-electron chi connectivity index (χ0n) is 14.9. The van der Waals surface area contributed by atoms with Gasteiger partial charge in [-0.2, -0.15) is 4.98 Å². The summed E-state index contributed by atoms with van der Waals surface area (Å²) in [6.45, 7) is 4.43. The minimum Gasteiger partial charge on any atom is -0.392 e. The van der Waals surface area contributed by atoms with Crippen LogP contribution in [0.3, 0.4) is 0 Å². The lowest BCUT2D eigenvalue weighted by Gasteiger charge is -2.28. The minimum atomic E-state index is -0.232. The van der Waals surface area contributed by atoms with Gasteiger partial charge in [0, 0.05) is 6.54 Å². The Morgan fingerprint density at radius 3 is 2.68 bits per heavy atom. The highest BCUT2D eigenvalue weighted by Gasteiger charge is 2.41. The van der Waals surface area contributed by atoms with E-state index >= 15 is 0 Å². The van der Waals surface area contributed by atoms with E-state index in [2.05, 4.69) is 41.2 Å². The number of nitrogens with zero attached hydrogens (tertiary/aromatic N) is 3. The van der Waals surface area contributed by atoms with Crippen LogP contribution in [0.5, 0.6) is 0 Å². The average molecular weight is 341 g/mol. The van der Waals surface area contributed by atoms with E-state index in [9.17, 15) is 5.11 Å². The molecule has 134 valence electrons. The van der Waals surface area contributed by atoms with Crippen molar-refractivity contribution in [2.45, 2.75) is 63.5 Å². The van der Waals surface area contributed by atoms with Crippen molar-refractivity contribution in [3.05, 3.63) is 47.1 Å². The summed E-state index contributed by atoms with van der Waals surface area (Å²) in [5, 5.41) is 14.2. The van der Waals surface area contributed by atoms with Gasteiger partial charge in [-0.05, 0) is 44.7 Å². The SMILES string of the molecule is Cc1ccc(C2(c3noc(CN4CCC[C@H](O)C4)n3)CCCC2)cc1. The monoisotopic (exact) mass is 341 g/mol. The van der Waals surface area contributed by atoms with Crippen molar-refractivity contribution in [3.63, 3.8) is 0 Å². The van der Waals surface area contributed by atoms with Crippen molar-refractivity contribution in [1.82, 2.24) is 15.0 Å². The Labute approximate surface area is 149 Å². The molecule has 1 aliphatic carbocycles. The van der Waals surface area contributed by atoms with Gasteiger partial charge in [0.2, 0.25) is 5.89 Å². The van der Waals surface area contributed by atoms with Crippen molar-refractivity contribution >= 4 is 0 Å². The molecule has 1 aromatic carbocycles. The molecule has 4 rings (SSSR count). The maximum Gasteiger partial charge on any atom is 0.240 e. The molecule has 2 heterocycles. The van der Waals surface area contributed by atoms with Crippen molar-refractivity contribution in [3.8, 4) is 0 Å². The Balaban J connectivity index is 1.57. The van der Waals surface area contributed by atoms with Crippen LogP contribution >= 0.6 is 0 Å². The molecule has 2 fully saturated rings. The zero-order valence-corrected chi connectivity index (χ0v) is 14.9. The number of aryl methyl sites for hydroxylation is 1. The molecular formula is C20H27N3O2. The molecule has 1 aromatic heterocycles. The molecule has 0 amide bonds. The molecule has 5 heteroatoms. The van der Waals surface area contributed by atoms with Crippen LogP contribution in [0.25, 0.3) is 0 Å². The number of piperidine rings is 1. The third-order valence-corrected chi connectivity index (χ3v) is 5.80. The first-order valence-electron chi connectivity index (χ1n) is 9.46. The van der Waals surface area contributed by atoms with E-state index in [1.165, 1.54) is 24.0 Å². The summed E-state index contributed by atoms with van der Waals surface area (Å²) < 4.78 is 5.60. The smallest absolute Gasteiger partial charge is 0.240 e. The number of benzene rings is 1. The Morgan fingerprint density at radius 1 is 1.20 bits per heavy atom. The summed E-state index contributed by atoms with van der Waals surface area (Å²) in [5.74, 6) is 1.50. The lowest BCUT2D eigenvalue weighted by Crippen LogP contribution is -2.37. The second-order valence-electron chi connectivity index (χ2n) is 7.70. The number of hydrogen-bond acceptors (Lipinski definition) is 5. The standard InChI is InChI=1S/C20H27N3O2/c1-15-6-8-16(9-7-15)20(10-2-3-11-20)19-21-18(25-22-19)14-23-12-4-5-17(24)13-23/h6-9,17,24H,2-5,10-14H2,1H3/t17-/m0/s1. The lowest BCUT2D eigenvalue weighted by molar-refractivity contribution is 0.0613. The fourth-order valence-corrected chi connectivity index (χ4v) is 4.37. The molecule has 1 aliphatic heterocycles. The maximum atomic E-state index is 9.84. The lowest BCUT2D eigenvalue weighted by atomic mass is 9.78. The number of aliphatic hydroxyl groups is 1. The highest BCUT2D eigenvalue weighted by atomic mass is 16.5. The van der Waals surface area contributed by atoms with Crippen molar-refractivity contribution in [2.75, 3.05) is 13.1 Å². The molecule has 0 unspecified atom stereocenters. The molecule has 1 N–H and O–H groups in total. The van der Waals surface area contributed by atoms with Gasteiger partial charge in [-0.25, -0.2) is 0 Å². The predicted octanol–water partition coefficient (Wildman–Crippen LogP) is 3.19. The topological polar surface area (TPSA) is 62.4 Å². The summed E-state index contributed by atoms with van der Waals surface area (Å²) in [7, 11) is 0. The third kappa shape index (κ3) is 3.35. The largest absolute Gasteiger partial charge is 0.392 e. The summed E-state index contributed by atoms with van der Waals surface area (Å²) in [6.07, 6.45) is 6.25. The van der Waals surface area contributed by atoms with Gasteiger partial charge in [0.1, 0.15) is 0 Å². The minimum absolute atomic E-state index is 0.100. The molecule has 0 spiro atoms. The molecule has 0 bridgehead atoms. The van der Waals surface area contributed by atoms with Crippen LogP contribution in [0.4, 0.5) is 0 Å². The molecule has 0 radical (unpaired) electrons. The van der Waals surface area contributed by atoms with Gasteiger partial charge >= 0.3 is 0 Å². The second-order valence-corrected chi connectivity index (χ2v) is 7.70. The van der Waals surface area contributed by atoms with Crippen LogP contribution in [-0.2, 0) is 12.0 Å². The van der Waals surface area contributed by atoms with Gasteiger partial charge in [-0.15, -0.1) is 0 Å². The van der Waals surface area contributed by atoms with Crippen LogP contribution in [0.2, 0.25) is 0 Å². The quantitative estimate of drug-likeness (QED) is 0.925. The van der Waals surface area contributed by atoms with Crippen molar-refractivity contribution < 1.29 is 9.63 Å². The Morgan fingerprint density at radius 2 is 1.96 bits per heavy atom. The third-order valence-electron chi connectivity index (χ3n) is 5.80. The Kier molecular flexibility index (Phi) is 4.61. The highest BCUT2D eigenvalue weighted by molar-refractivity contribution is 5.35. The number of hydrogen-bond donors (Lipinski definition) is 1. The van der Waals surface area contributed by atoms with Crippen molar-refractivity contribution in [1.29, 1.82) is 0 Å². The summed E-state index contributed by atoms with van der Waals surface area (Å²) in [4.78, 5) is 6.99. The first-order valence-corrected chi connectivity index (χ1v) is 9.46. The summed E-state index contributed by atoms with van der Waals surface area (Å²) in [6, 6.07) is 8.78. The number of β-amino-alcohol motifs (C(OH)–C–C–N with tert-alkyl or cyclic N) is 1. The van der Waals surface area contributed by atoms with E-state index in [1.54, 1.807) is 0 Å². The van der Waals surface area contributed by atoms with Gasteiger partial charge in [-0.1, -0.05) is 47.8 Å². The van der Waals surface area contributed by atoms with Gasteiger partial charge in [0.15, 0.2) is 5.82 Å². The molecule has 1 atom stereocenters. The zero-order chi connectivity index (χ0) is 17.3. The van der Waals surface area contributed by atoms with Crippen LogP contribution in [0.1, 0.15) is 61.4 Å². The predicted molar refractivity (Wildman–Crippen MR) is 95.2 cm³/mol. The van der Waals surface area contributed by atoms with Gasteiger partial charge in [-0.3, -0.25) is 4.90 Å². The molecule has 1 saturated heterocycles. The number of rotatable bonds is 4. The molecule has 2 aliphatic rings. The summed E-state index contributed by atoms with van der Waals surface area (Å²) in [5.41, 5.74) is 2.47. The van der Waals surface area contributed by atoms with E-state index in [-0.39, 0.29) is 11.5 Å². The molecule has 1 saturated carbocycles. The first-order chi connectivity index (χ1) is 12.2. The number of likely N-dealkylation sites (tertiary alicyclic amines) is 1. The fourth-order valence-electron chi connectivity index (χ4n) is 4.37. The van der Waals surface area contributed by atoms with E-state index in [4.69, 9.17) is 9.51 Å².